The van der Waals surface area contributed by atoms with Gasteiger partial charge in [-0.15, -0.1) is 12.4 Å². The lowest BCUT2D eigenvalue weighted by Crippen LogP contribution is -2.57. The highest BCUT2D eigenvalue weighted by atomic mass is 35.5. The second-order valence-electron chi connectivity index (χ2n) is 5.89. The molecule has 0 amide bonds. The van der Waals surface area contributed by atoms with E-state index >= 15 is 0 Å². The van der Waals surface area contributed by atoms with E-state index in [1.165, 1.54) is 19.3 Å². The minimum Gasteiger partial charge on any atom is -0.390 e. The summed E-state index contributed by atoms with van der Waals surface area (Å²) in [5.41, 5.74) is 5.89. The molecule has 0 saturated heterocycles. The average Bonchev–Trinajstić information content (AvgIpc) is 1.99. The molecule has 2 atom stereocenters. The van der Waals surface area contributed by atoms with Crippen molar-refractivity contribution in [2.45, 2.75) is 44.1 Å². The van der Waals surface area contributed by atoms with Crippen molar-refractivity contribution in [1.29, 1.82) is 0 Å². The van der Waals surface area contributed by atoms with Gasteiger partial charge in [0, 0.05) is 0 Å². The molecule has 14 heavy (non-hydrogen) atoms. The van der Waals surface area contributed by atoms with Crippen molar-refractivity contribution in [1.82, 2.24) is 0 Å². The average molecular weight is 218 g/mol. The Balaban J connectivity index is 0.000000750. The molecule has 4 saturated carbocycles. The van der Waals surface area contributed by atoms with Crippen molar-refractivity contribution < 1.29 is 5.11 Å². The Morgan fingerprint density at radius 3 is 2.14 bits per heavy atom. The van der Waals surface area contributed by atoms with Gasteiger partial charge in [-0.25, -0.2) is 0 Å². The molecule has 2 unspecified atom stereocenters. The minimum absolute atomic E-state index is 0. The fourth-order valence-corrected chi connectivity index (χ4v) is 4.64. The van der Waals surface area contributed by atoms with E-state index in [0.29, 0.717) is 5.41 Å². The zero-order chi connectivity index (χ0) is 9.10. The summed E-state index contributed by atoms with van der Waals surface area (Å²) < 4.78 is 0. The molecule has 0 aliphatic heterocycles. The number of rotatable bonds is 1. The van der Waals surface area contributed by atoms with E-state index in [0.717, 1.165) is 37.6 Å². The van der Waals surface area contributed by atoms with Crippen LogP contribution in [-0.2, 0) is 0 Å². The van der Waals surface area contributed by atoms with Crippen LogP contribution < -0.4 is 5.73 Å². The molecule has 0 heterocycles. The molecule has 0 aromatic carbocycles. The monoisotopic (exact) mass is 217 g/mol. The van der Waals surface area contributed by atoms with Crippen LogP contribution >= 0.6 is 12.4 Å². The van der Waals surface area contributed by atoms with E-state index in [1.54, 1.807) is 0 Å². The molecule has 3 heteroatoms. The fourth-order valence-electron chi connectivity index (χ4n) is 4.64. The number of hydrogen-bond acceptors (Lipinski definition) is 2. The maximum absolute atomic E-state index is 10.3. The van der Waals surface area contributed by atoms with Crippen molar-refractivity contribution >= 4 is 12.4 Å². The summed E-state index contributed by atoms with van der Waals surface area (Å²) in [5.74, 6) is 1.57. The lowest BCUT2D eigenvalue weighted by molar-refractivity contribution is -0.160. The van der Waals surface area contributed by atoms with Crippen LogP contribution in [0.2, 0.25) is 0 Å². The molecule has 82 valence electrons. The van der Waals surface area contributed by atoms with Crippen molar-refractivity contribution in [3.05, 3.63) is 0 Å². The topological polar surface area (TPSA) is 46.2 Å². The SMILES string of the molecule is Cl.NCC12CC3CC(CC(O)(C3)C1)C2. The van der Waals surface area contributed by atoms with Crippen molar-refractivity contribution in [2.75, 3.05) is 6.54 Å². The van der Waals surface area contributed by atoms with Crippen molar-refractivity contribution in [3.8, 4) is 0 Å². The summed E-state index contributed by atoms with van der Waals surface area (Å²) in [6.45, 7) is 0.794. The van der Waals surface area contributed by atoms with E-state index < -0.39 is 0 Å². The summed E-state index contributed by atoms with van der Waals surface area (Å²) in [6, 6.07) is 0. The number of halogens is 1. The van der Waals surface area contributed by atoms with Gasteiger partial charge in [0.05, 0.1) is 5.60 Å². The Kier molecular flexibility index (Phi) is 2.37. The zero-order valence-corrected chi connectivity index (χ0v) is 9.35. The van der Waals surface area contributed by atoms with Crippen LogP contribution in [0.4, 0.5) is 0 Å². The molecule has 0 aromatic rings. The number of hydrogen-bond donors (Lipinski definition) is 2. The van der Waals surface area contributed by atoms with Crippen LogP contribution in [0.25, 0.3) is 0 Å². The van der Waals surface area contributed by atoms with Crippen LogP contribution in [0, 0.1) is 17.3 Å². The lowest BCUT2D eigenvalue weighted by Gasteiger charge is -2.60. The highest BCUT2D eigenvalue weighted by Crippen LogP contribution is 2.61. The van der Waals surface area contributed by atoms with Crippen LogP contribution in [-0.4, -0.2) is 17.3 Å². The number of nitrogens with two attached hydrogens (primary N) is 1. The normalized spacial score (nSPS) is 54.4. The summed E-state index contributed by atoms with van der Waals surface area (Å²) in [7, 11) is 0. The zero-order valence-electron chi connectivity index (χ0n) is 8.54. The molecule has 3 N–H and O–H groups in total. The van der Waals surface area contributed by atoms with Gasteiger partial charge in [0.2, 0.25) is 0 Å². The molecule has 4 rings (SSSR count). The fraction of sp³-hybridized carbons (Fsp3) is 1.00. The van der Waals surface area contributed by atoms with Gasteiger partial charge < -0.3 is 10.8 Å². The van der Waals surface area contributed by atoms with Crippen molar-refractivity contribution in [3.63, 3.8) is 0 Å². The highest BCUT2D eigenvalue weighted by Gasteiger charge is 2.56. The van der Waals surface area contributed by atoms with E-state index in [2.05, 4.69) is 0 Å². The summed E-state index contributed by atoms with van der Waals surface area (Å²) in [6.07, 6.45) is 7.06. The molecule has 0 spiro atoms. The van der Waals surface area contributed by atoms with Gasteiger partial charge in [-0.3, -0.25) is 0 Å². The molecule has 0 radical (unpaired) electrons. The van der Waals surface area contributed by atoms with E-state index in [9.17, 15) is 5.11 Å². The Morgan fingerprint density at radius 1 is 1.14 bits per heavy atom. The first-order valence-electron chi connectivity index (χ1n) is 5.56. The smallest absolute Gasteiger partial charge is 0.0658 e. The first kappa shape index (κ1) is 10.7. The van der Waals surface area contributed by atoms with Crippen LogP contribution in [0.5, 0.6) is 0 Å². The molecule has 4 aliphatic carbocycles. The van der Waals surface area contributed by atoms with Gasteiger partial charge in [-0.2, -0.15) is 0 Å². The van der Waals surface area contributed by atoms with E-state index in [-0.39, 0.29) is 18.0 Å². The molecular formula is C11H20ClNO. The third kappa shape index (κ3) is 1.39. The summed E-state index contributed by atoms with van der Waals surface area (Å²) >= 11 is 0. The minimum atomic E-state index is -0.316. The van der Waals surface area contributed by atoms with Crippen molar-refractivity contribution in [2.24, 2.45) is 23.0 Å². The molecule has 4 bridgehead atoms. The first-order valence-corrected chi connectivity index (χ1v) is 5.56. The second-order valence-corrected chi connectivity index (χ2v) is 5.89. The molecular weight excluding hydrogens is 198 g/mol. The van der Waals surface area contributed by atoms with Gasteiger partial charge in [0.15, 0.2) is 0 Å². The van der Waals surface area contributed by atoms with Gasteiger partial charge in [0.1, 0.15) is 0 Å². The van der Waals surface area contributed by atoms with Gasteiger partial charge >= 0.3 is 0 Å². The first-order chi connectivity index (χ1) is 6.13. The van der Waals surface area contributed by atoms with Crippen LogP contribution in [0.1, 0.15) is 38.5 Å². The maximum Gasteiger partial charge on any atom is 0.0658 e. The standard InChI is InChI=1S/C11H19NO.ClH/c12-7-10-2-8-1-9(3-10)5-11(13,4-8)6-10;/h8-9,13H,1-7,12H2;1H. The quantitative estimate of drug-likeness (QED) is 0.703. The Hall–Kier alpha value is 0.210. The number of aliphatic hydroxyl groups is 1. The summed E-state index contributed by atoms with van der Waals surface area (Å²) in [5, 5.41) is 10.3. The lowest BCUT2D eigenvalue weighted by atomic mass is 9.48. The largest absolute Gasteiger partial charge is 0.390 e. The maximum atomic E-state index is 10.3. The summed E-state index contributed by atoms with van der Waals surface area (Å²) in [4.78, 5) is 0. The Bertz CT molecular complexity index is 229. The third-order valence-corrected chi connectivity index (χ3v) is 4.58. The predicted octanol–water partition coefficient (Wildman–Crippen LogP) is 1.70. The van der Waals surface area contributed by atoms with Crippen LogP contribution in [0.3, 0.4) is 0 Å². The molecule has 2 nitrogen and oxygen atoms in total. The van der Waals surface area contributed by atoms with Gasteiger partial charge in [-0.1, -0.05) is 0 Å². The van der Waals surface area contributed by atoms with Crippen LogP contribution in [0.15, 0.2) is 0 Å². The molecule has 4 fully saturated rings. The Labute approximate surface area is 91.7 Å². The molecule has 0 aromatic heterocycles. The molecule has 4 aliphatic rings. The highest BCUT2D eigenvalue weighted by molar-refractivity contribution is 5.85. The van der Waals surface area contributed by atoms with Gasteiger partial charge in [0.25, 0.3) is 0 Å². The predicted molar refractivity (Wildman–Crippen MR) is 58.4 cm³/mol. The Morgan fingerprint density at radius 2 is 1.71 bits per heavy atom. The van der Waals surface area contributed by atoms with E-state index in [4.69, 9.17) is 5.73 Å². The third-order valence-electron chi connectivity index (χ3n) is 4.58. The second kappa shape index (κ2) is 3.10. The van der Waals surface area contributed by atoms with E-state index in [1.807, 2.05) is 0 Å². The van der Waals surface area contributed by atoms with Gasteiger partial charge in [-0.05, 0) is 62.3 Å².